The van der Waals surface area contributed by atoms with Gasteiger partial charge >= 0.3 is 0 Å². The van der Waals surface area contributed by atoms with Gasteiger partial charge in [0.05, 0.1) is 36.8 Å². The third-order valence-corrected chi connectivity index (χ3v) is 6.09. The van der Waals surface area contributed by atoms with Gasteiger partial charge in [0, 0.05) is 25.7 Å². The Bertz CT molecular complexity index is 529. The molecule has 0 radical (unpaired) electrons. The molecule has 3 atom stereocenters. The smallest absolute Gasteiger partial charge is 0.264 e. The zero-order chi connectivity index (χ0) is 15.6. The summed E-state index contributed by atoms with van der Waals surface area (Å²) in [4.78, 5) is 15.5. The molecule has 4 heterocycles. The van der Waals surface area contributed by atoms with Crippen LogP contribution in [0.25, 0.3) is 0 Å². The molecule has 4 rings (SSSR count). The second-order valence-corrected chi connectivity index (χ2v) is 7.58. The topological polar surface area (TPSA) is 48.0 Å². The van der Waals surface area contributed by atoms with Crippen molar-refractivity contribution in [3.05, 3.63) is 22.4 Å². The van der Waals surface area contributed by atoms with Crippen LogP contribution in [0.1, 0.15) is 22.5 Å². The SMILES string of the molecule is O=C(c1cccs1)N1C[C@H](OCC2CCOCC2)[C@H]2COC[C@H]21. The van der Waals surface area contributed by atoms with E-state index in [1.165, 1.54) is 11.3 Å². The van der Waals surface area contributed by atoms with Crippen molar-refractivity contribution in [2.45, 2.75) is 25.0 Å². The molecule has 6 heteroatoms. The van der Waals surface area contributed by atoms with E-state index >= 15 is 0 Å². The highest BCUT2D eigenvalue weighted by atomic mass is 32.1. The van der Waals surface area contributed by atoms with Crippen LogP contribution >= 0.6 is 11.3 Å². The Morgan fingerprint density at radius 1 is 1.30 bits per heavy atom. The number of fused-ring (bicyclic) bond motifs is 1. The maximum Gasteiger partial charge on any atom is 0.264 e. The molecule has 0 spiro atoms. The number of rotatable bonds is 4. The first-order valence-corrected chi connectivity index (χ1v) is 9.32. The normalized spacial score (nSPS) is 31.5. The minimum Gasteiger partial charge on any atom is -0.381 e. The van der Waals surface area contributed by atoms with Crippen LogP contribution in [0, 0.1) is 11.8 Å². The Balaban J connectivity index is 1.39. The van der Waals surface area contributed by atoms with Crippen LogP contribution in [0.15, 0.2) is 17.5 Å². The molecule has 3 aliphatic heterocycles. The predicted octanol–water partition coefficient (Wildman–Crippen LogP) is 2.03. The van der Waals surface area contributed by atoms with Gasteiger partial charge in [-0.05, 0) is 30.2 Å². The lowest BCUT2D eigenvalue weighted by Crippen LogP contribution is -2.37. The minimum atomic E-state index is 0.106. The van der Waals surface area contributed by atoms with Crippen molar-refractivity contribution in [3.63, 3.8) is 0 Å². The van der Waals surface area contributed by atoms with Gasteiger partial charge in [0.1, 0.15) is 0 Å². The molecule has 0 N–H and O–H groups in total. The highest BCUT2D eigenvalue weighted by Crippen LogP contribution is 2.34. The molecule has 0 aliphatic carbocycles. The highest BCUT2D eigenvalue weighted by molar-refractivity contribution is 7.12. The first-order valence-electron chi connectivity index (χ1n) is 8.44. The number of ether oxygens (including phenoxy) is 3. The van der Waals surface area contributed by atoms with E-state index in [0.717, 1.165) is 37.5 Å². The van der Waals surface area contributed by atoms with Gasteiger partial charge < -0.3 is 19.1 Å². The van der Waals surface area contributed by atoms with Crippen LogP contribution in [0.5, 0.6) is 0 Å². The molecule has 1 amide bonds. The van der Waals surface area contributed by atoms with Gasteiger partial charge in [0.2, 0.25) is 0 Å². The summed E-state index contributed by atoms with van der Waals surface area (Å²) in [5.41, 5.74) is 0. The fraction of sp³-hybridized carbons (Fsp3) is 0.706. The van der Waals surface area contributed by atoms with Gasteiger partial charge in [-0.25, -0.2) is 0 Å². The van der Waals surface area contributed by atoms with E-state index < -0.39 is 0 Å². The van der Waals surface area contributed by atoms with Crippen LogP contribution < -0.4 is 0 Å². The van der Waals surface area contributed by atoms with E-state index in [9.17, 15) is 4.79 Å². The second-order valence-electron chi connectivity index (χ2n) is 6.63. The van der Waals surface area contributed by atoms with Gasteiger partial charge in [0.25, 0.3) is 5.91 Å². The summed E-state index contributed by atoms with van der Waals surface area (Å²) in [5, 5.41) is 1.95. The maximum absolute atomic E-state index is 12.7. The van der Waals surface area contributed by atoms with Gasteiger partial charge in [-0.3, -0.25) is 4.79 Å². The fourth-order valence-electron chi connectivity index (χ4n) is 3.82. The molecule has 3 fully saturated rings. The molecule has 1 aromatic rings. The quantitative estimate of drug-likeness (QED) is 0.843. The summed E-state index contributed by atoms with van der Waals surface area (Å²) in [6, 6.07) is 3.99. The largest absolute Gasteiger partial charge is 0.381 e. The lowest BCUT2D eigenvalue weighted by molar-refractivity contribution is -0.0251. The molecule has 0 bridgehead atoms. The lowest BCUT2D eigenvalue weighted by Gasteiger charge is -2.25. The molecule has 0 unspecified atom stereocenters. The Hall–Kier alpha value is -0.950. The molecule has 126 valence electrons. The zero-order valence-electron chi connectivity index (χ0n) is 13.2. The molecular weight excluding hydrogens is 314 g/mol. The number of hydrogen-bond acceptors (Lipinski definition) is 5. The van der Waals surface area contributed by atoms with Gasteiger partial charge in [-0.15, -0.1) is 11.3 Å². The van der Waals surface area contributed by atoms with E-state index in [0.29, 0.717) is 31.6 Å². The van der Waals surface area contributed by atoms with Crippen LogP contribution in [0.4, 0.5) is 0 Å². The van der Waals surface area contributed by atoms with Crippen molar-refractivity contribution in [1.29, 1.82) is 0 Å². The van der Waals surface area contributed by atoms with Crippen molar-refractivity contribution < 1.29 is 19.0 Å². The summed E-state index contributed by atoms with van der Waals surface area (Å²) in [7, 11) is 0. The Morgan fingerprint density at radius 2 is 2.17 bits per heavy atom. The minimum absolute atomic E-state index is 0.106. The van der Waals surface area contributed by atoms with E-state index in [1.807, 2.05) is 22.4 Å². The molecule has 3 saturated heterocycles. The fourth-order valence-corrected chi connectivity index (χ4v) is 4.50. The molecule has 23 heavy (non-hydrogen) atoms. The van der Waals surface area contributed by atoms with E-state index in [2.05, 4.69) is 0 Å². The highest BCUT2D eigenvalue weighted by Gasteiger charge is 2.48. The Morgan fingerprint density at radius 3 is 2.96 bits per heavy atom. The number of nitrogens with zero attached hydrogens (tertiary/aromatic N) is 1. The number of carbonyl (C=O) groups excluding carboxylic acids is 1. The average Bonchev–Trinajstić information content (AvgIpc) is 3.31. The Kier molecular flexibility index (Phi) is 4.66. The third-order valence-electron chi connectivity index (χ3n) is 5.23. The molecule has 3 aliphatic rings. The second kappa shape index (κ2) is 6.89. The summed E-state index contributed by atoms with van der Waals surface area (Å²) in [5.74, 6) is 1.03. The van der Waals surface area contributed by atoms with Gasteiger partial charge in [0.15, 0.2) is 0 Å². The van der Waals surface area contributed by atoms with Crippen LogP contribution in [0.2, 0.25) is 0 Å². The van der Waals surface area contributed by atoms with Crippen molar-refractivity contribution in [2.75, 3.05) is 39.6 Å². The van der Waals surface area contributed by atoms with Crippen molar-refractivity contribution in [3.8, 4) is 0 Å². The maximum atomic E-state index is 12.7. The van der Waals surface area contributed by atoms with Gasteiger partial charge in [-0.2, -0.15) is 0 Å². The molecule has 1 aromatic heterocycles. The molecule has 0 aromatic carbocycles. The van der Waals surface area contributed by atoms with Crippen LogP contribution in [-0.4, -0.2) is 62.5 Å². The van der Waals surface area contributed by atoms with Crippen LogP contribution in [-0.2, 0) is 14.2 Å². The van der Waals surface area contributed by atoms with E-state index in [1.54, 1.807) is 0 Å². The molecular formula is C17H23NO4S. The number of carbonyl (C=O) groups is 1. The van der Waals surface area contributed by atoms with Crippen molar-refractivity contribution >= 4 is 17.2 Å². The van der Waals surface area contributed by atoms with E-state index in [-0.39, 0.29) is 18.1 Å². The first kappa shape index (κ1) is 15.6. The number of thiophene rings is 1. The van der Waals surface area contributed by atoms with Crippen molar-refractivity contribution in [1.82, 2.24) is 4.90 Å². The van der Waals surface area contributed by atoms with Crippen molar-refractivity contribution in [2.24, 2.45) is 11.8 Å². The van der Waals surface area contributed by atoms with E-state index in [4.69, 9.17) is 14.2 Å². The molecule has 5 nitrogen and oxygen atoms in total. The number of hydrogen-bond donors (Lipinski definition) is 0. The third kappa shape index (κ3) is 3.18. The number of amides is 1. The number of likely N-dealkylation sites (tertiary alicyclic amines) is 1. The Labute approximate surface area is 140 Å². The zero-order valence-corrected chi connectivity index (χ0v) is 14.0. The summed E-state index contributed by atoms with van der Waals surface area (Å²) >= 11 is 1.50. The summed E-state index contributed by atoms with van der Waals surface area (Å²) in [6.07, 6.45) is 2.26. The van der Waals surface area contributed by atoms with Crippen LogP contribution in [0.3, 0.4) is 0 Å². The summed E-state index contributed by atoms with van der Waals surface area (Å²) < 4.78 is 17.3. The van der Waals surface area contributed by atoms with Gasteiger partial charge in [-0.1, -0.05) is 6.07 Å². The molecule has 0 saturated carbocycles. The lowest BCUT2D eigenvalue weighted by atomic mass is 10.00. The summed E-state index contributed by atoms with van der Waals surface area (Å²) in [6.45, 7) is 4.50. The standard InChI is InChI=1S/C17H23NO4S/c19-17(16-2-1-7-23-16)18-8-15(13-10-21-11-14(13)18)22-9-12-3-5-20-6-4-12/h1-2,7,12-15H,3-6,8-11H2/t13-,14+,15-/m0/s1. The first-order chi connectivity index (χ1) is 11.3. The predicted molar refractivity (Wildman–Crippen MR) is 86.7 cm³/mol. The average molecular weight is 337 g/mol. The monoisotopic (exact) mass is 337 g/mol.